The molecule has 0 amide bonds. The highest BCUT2D eigenvalue weighted by molar-refractivity contribution is 5.12. The van der Waals surface area contributed by atoms with Gasteiger partial charge in [0, 0.05) is 24.6 Å². The molecule has 1 aliphatic rings. The summed E-state index contributed by atoms with van der Waals surface area (Å²) in [6.45, 7) is 6.36. The number of hydrogen-bond acceptors (Lipinski definition) is 4. The van der Waals surface area contributed by atoms with Crippen LogP contribution in [-0.2, 0) is 19.5 Å². The first-order valence-corrected chi connectivity index (χ1v) is 8.90. The average molecular weight is 316 g/mol. The van der Waals surface area contributed by atoms with E-state index in [1.807, 2.05) is 6.26 Å². The van der Waals surface area contributed by atoms with Gasteiger partial charge in [-0.05, 0) is 37.7 Å². The van der Waals surface area contributed by atoms with E-state index in [4.69, 9.17) is 4.42 Å². The molecule has 0 radical (unpaired) electrons. The van der Waals surface area contributed by atoms with Crippen molar-refractivity contribution in [3.8, 4) is 0 Å². The molecular weight excluding hydrogens is 288 g/mol. The number of furan rings is 1. The van der Waals surface area contributed by atoms with Crippen molar-refractivity contribution in [3.05, 3.63) is 35.8 Å². The third-order valence-electron chi connectivity index (χ3n) is 4.67. The number of nitrogens with one attached hydrogen (secondary N) is 1. The fourth-order valence-electron chi connectivity index (χ4n) is 3.25. The molecule has 0 spiro atoms. The zero-order valence-electron chi connectivity index (χ0n) is 14.3. The lowest BCUT2D eigenvalue weighted by molar-refractivity contribution is 0.425. The minimum atomic E-state index is 0.315. The average Bonchev–Trinajstić information content (AvgIpc) is 3.13. The Kier molecular flexibility index (Phi) is 5.49. The second-order valence-electron chi connectivity index (χ2n) is 6.96. The van der Waals surface area contributed by atoms with Gasteiger partial charge in [0.2, 0.25) is 0 Å². The molecule has 1 unspecified atom stereocenters. The first kappa shape index (κ1) is 16.2. The fourth-order valence-corrected chi connectivity index (χ4v) is 3.25. The van der Waals surface area contributed by atoms with Crippen LogP contribution in [0.5, 0.6) is 0 Å². The highest BCUT2D eigenvalue weighted by Gasteiger charge is 2.17. The molecule has 5 nitrogen and oxygen atoms in total. The van der Waals surface area contributed by atoms with E-state index in [1.54, 1.807) is 6.26 Å². The molecular formula is C18H28N4O. The Labute approximate surface area is 138 Å². The highest BCUT2D eigenvalue weighted by Crippen LogP contribution is 2.22. The zero-order valence-corrected chi connectivity index (χ0v) is 14.3. The largest absolute Gasteiger partial charge is 0.472 e. The maximum absolute atomic E-state index is 5.27. The second kappa shape index (κ2) is 7.77. The predicted octanol–water partition coefficient (Wildman–Crippen LogP) is 3.86. The first-order valence-electron chi connectivity index (χ1n) is 8.90. The summed E-state index contributed by atoms with van der Waals surface area (Å²) in [4.78, 5) is 0. The van der Waals surface area contributed by atoms with Crippen LogP contribution in [-0.4, -0.2) is 14.8 Å². The van der Waals surface area contributed by atoms with Gasteiger partial charge in [0.05, 0.1) is 19.1 Å². The molecule has 0 bridgehead atoms. The quantitative estimate of drug-likeness (QED) is 0.842. The van der Waals surface area contributed by atoms with Crippen molar-refractivity contribution >= 4 is 0 Å². The molecule has 5 heteroatoms. The molecule has 0 aromatic carbocycles. The molecule has 1 aliphatic heterocycles. The molecule has 0 aliphatic carbocycles. The zero-order chi connectivity index (χ0) is 16.1. The highest BCUT2D eigenvalue weighted by atomic mass is 16.3. The van der Waals surface area contributed by atoms with Crippen molar-refractivity contribution in [2.45, 2.75) is 71.5 Å². The summed E-state index contributed by atoms with van der Waals surface area (Å²) in [6, 6.07) is 2.37. The summed E-state index contributed by atoms with van der Waals surface area (Å²) in [5.74, 6) is 2.93. The minimum Gasteiger partial charge on any atom is -0.472 e. The van der Waals surface area contributed by atoms with Crippen LogP contribution in [0, 0.1) is 5.92 Å². The maximum atomic E-state index is 5.27. The van der Waals surface area contributed by atoms with Gasteiger partial charge >= 0.3 is 0 Å². The van der Waals surface area contributed by atoms with Gasteiger partial charge in [-0.15, -0.1) is 10.2 Å². The summed E-state index contributed by atoms with van der Waals surface area (Å²) in [6.07, 6.45) is 10.7. The van der Waals surface area contributed by atoms with E-state index < -0.39 is 0 Å². The molecule has 1 atom stereocenters. The first-order chi connectivity index (χ1) is 11.2. The van der Waals surface area contributed by atoms with Gasteiger partial charge in [-0.25, -0.2) is 0 Å². The lowest BCUT2D eigenvalue weighted by atomic mass is 9.99. The van der Waals surface area contributed by atoms with Crippen molar-refractivity contribution in [2.24, 2.45) is 5.92 Å². The molecule has 0 saturated heterocycles. The van der Waals surface area contributed by atoms with E-state index in [0.29, 0.717) is 12.0 Å². The molecule has 23 heavy (non-hydrogen) atoms. The van der Waals surface area contributed by atoms with Crippen LogP contribution in [0.4, 0.5) is 0 Å². The second-order valence-corrected chi connectivity index (χ2v) is 6.96. The van der Waals surface area contributed by atoms with Crippen LogP contribution < -0.4 is 5.32 Å². The Balaban J connectivity index is 1.65. The summed E-state index contributed by atoms with van der Waals surface area (Å²) < 4.78 is 7.59. The standard InChI is InChI=1S/C18H28N4O/c1-14(2)7-8-16(15-9-11-23-13-15)19-12-18-21-20-17-6-4-3-5-10-22(17)18/h9,11,13-14,16,19H,3-8,10,12H2,1-2H3. The van der Waals surface area contributed by atoms with Crippen LogP contribution in [0.3, 0.4) is 0 Å². The summed E-state index contributed by atoms with van der Waals surface area (Å²) in [7, 11) is 0. The minimum absolute atomic E-state index is 0.315. The molecule has 126 valence electrons. The van der Waals surface area contributed by atoms with Gasteiger partial charge in [-0.3, -0.25) is 0 Å². The number of nitrogens with zero attached hydrogens (tertiary/aromatic N) is 3. The Morgan fingerprint density at radius 1 is 1.22 bits per heavy atom. The Morgan fingerprint density at radius 2 is 2.13 bits per heavy atom. The molecule has 0 saturated carbocycles. The monoisotopic (exact) mass is 316 g/mol. The van der Waals surface area contributed by atoms with E-state index in [-0.39, 0.29) is 0 Å². The van der Waals surface area contributed by atoms with Crippen molar-refractivity contribution < 1.29 is 4.42 Å². The van der Waals surface area contributed by atoms with Gasteiger partial charge in [-0.2, -0.15) is 0 Å². The smallest absolute Gasteiger partial charge is 0.147 e. The third kappa shape index (κ3) is 4.22. The molecule has 2 aromatic heterocycles. The Hall–Kier alpha value is -1.62. The Bertz CT molecular complexity index is 588. The number of fused-ring (bicyclic) bond motifs is 1. The summed E-state index contributed by atoms with van der Waals surface area (Å²) in [5, 5.41) is 12.5. The number of hydrogen-bond donors (Lipinski definition) is 1. The topological polar surface area (TPSA) is 55.9 Å². The Morgan fingerprint density at radius 3 is 2.91 bits per heavy atom. The van der Waals surface area contributed by atoms with Gasteiger partial charge < -0.3 is 14.3 Å². The van der Waals surface area contributed by atoms with Crippen LogP contribution in [0.25, 0.3) is 0 Å². The molecule has 0 fully saturated rings. The molecule has 1 N–H and O–H groups in total. The SMILES string of the molecule is CC(C)CCC(NCc1nnc2n1CCCCC2)c1ccoc1. The van der Waals surface area contributed by atoms with Gasteiger partial charge in [0.25, 0.3) is 0 Å². The number of rotatable bonds is 7. The molecule has 2 aromatic rings. The van der Waals surface area contributed by atoms with Crippen LogP contribution in [0.15, 0.2) is 23.0 Å². The van der Waals surface area contributed by atoms with E-state index in [1.165, 1.54) is 31.2 Å². The molecule has 3 heterocycles. The normalized spacial score (nSPS) is 16.3. The van der Waals surface area contributed by atoms with E-state index in [2.05, 4.69) is 40.0 Å². The summed E-state index contributed by atoms with van der Waals surface area (Å²) in [5.41, 5.74) is 1.22. The predicted molar refractivity (Wildman–Crippen MR) is 89.9 cm³/mol. The summed E-state index contributed by atoms with van der Waals surface area (Å²) >= 11 is 0. The van der Waals surface area contributed by atoms with Crippen LogP contribution in [0.1, 0.15) is 69.2 Å². The van der Waals surface area contributed by atoms with Gasteiger partial charge in [0.1, 0.15) is 11.6 Å². The van der Waals surface area contributed by atoms with Crippen molar-refractivity contribution in [1.82, 2.24) is 20.1 Å². The van der Waals surface area contributed by atoms with Crippen molar-refractivity contribution in [1.29, 1.82) is 0 Å². The lowest BCUT2D eigenvalue weighted by Gasteiger charge is -2.18. The fraction of sp³-hybridized carbons (Fsp3) is 0.667. The van der Waals surface area contributed by atoms with E-state index in [0.717, 1.165) is 37.6 Å². The van der Waals surface area contributed by atoms with Gasteiger partial charge in [0.15, 0.2) is 0 Å². The molecule has 3 rings (SSSR count). The van der Waals surface area contributed by atoms with E-state index in [9.17, 15) is 0 Å². The lowest BCUT2D eigenvalue weighted by Crippen LogP contribution is -2.23. The number of aromatic nitrogens is 3. The van der Waals surface area contributed by atoms with Crippen LogP contribution in [0.2, 0.25) is 0 Å². The number of aryl methyl sites for hydroxylation is 1. The van der Waals surface area contributed by atoms with Crippen molar-refractivity contribution in [3.63, 3.8) is 0 Å². The van der Waals surface area contributed by atoms with Crippen molar-refractivity contribution in [2.75, 3.05) is 0 Å². The van der Waals surface area contributed by atoms with E-state index >= 15 is 0 Å². The van der Waals surface area contributed by atoms with Crippen LogP contribution >= 0.6 is 0 Å². The van der Waals surface area contributed by atoms with Gasteiger partial charge in [-0.1, -0.05) is 20.3 Å². The maximum Gasteiger partial charge on any atom is 0.147 e. The third-order valence-corrected chi connectivity index (χ3v) is 4.67.